The van der Waals surface area contributed by atoms with Crippen LogP contribution in [-0.4, -0.2) is 23.5 Å². The van der Waals surface area contributed by atoms with Crippen LogP contribution in [0.3, 0.4) is 0 Å². The van der Waals surface area contributed by atoms with Crippen molar-refractivity contribution in [2.75, 3.05) is 17.2 Å². The predicted molar refractivity (Wildman–Crippen MR) is 108 cm³/mol. The average Bonchev–Trinajstić information content (AvgIpc) is 2.74. The van der Waals surface area contributed by atoms with Crippen molar-refractivity contribution < 1.29 is 18.7 Å². The number of halogens is 1. The smallest absolute Gasteiger partial charge is 0.340 e. The van der Waals surface area contributed by atoms with Gasteiger partial charge in [0.1, 0.15) is 5.82 Å². The predicted octanol–water partition coefficient (Wildman–Crippen LogP) is 4.26. The van der Waals surface area contributed by atoms with Gasteiger partial charge < -0.3 is 15.4 Å². The minimum atomic E-state index is -0.512. The summed E-state index contributed by atoms with van der Waals surface area (Å²) in [6.07, 6.45) is 2.96. The fraction of sp³-hybridized carbons (Fsp3) is 0.136. The molecule has 0 bridgehead atoms. The Morgan fingerprint density at radius 3 is 2.62 bits per heavy atom. The zero-order valence-electron chi connectivity index (χ0n) is 15.8. The Morgan fingerprint density at radius 1 is 1.07 bits per heavy atom. The van der Waals surface area contributed by atoms with E-state index in [4.69, 9.17) is 4.74 Å². The summed E-state index contributed by atoms with van der Waals surface area (Å²) in [5.74, 6) is -1.25. The van der Waals surface area contributed by atoms with Crippen LogP contribution in [-0.2, 0) is 11.3 Å². The van der Waals surface area contributed by atoms with Crippen LogP contribution in [0.25, 0.3) is 0 Å². The lowest BCUT2D eigenvalue weighted by Gasteiger charge is -2.11. The molecule has 29 heavy (non-hydrogen) atoms. The highest BCUT2D eigenvalue weighted by molar-refractivity contribution is 6.08. The molecule has 0 aliphatic heterocycles. The van der Waals surface area contributed by atoms with E-state index in [1.807, 2.05) is 0 Å². The van der Waals surface area contributed by atoms with Crippen molar-refractivity contribution in [1.82, 2.24) is 4.98 Å². The van der Waals surface area contributed by atoms with Gasteiger partial charge in [0, 0.05) is 24.5 Å². The number of nitrogens with one attached hydrogen (secondary N) is 2. The molecule has 2 N–H and O–H groups in total. The fourth-order valence-electron chi connectivity index (χ4n) is 2.67. The highest BCUT2D eigenvalue weighted by atomic mass is 19.1. The molecule has 1 amide bonds. The van der Waals surface area contributed by atoms with E-state index in [-0.39, 0.29) is 24.5 Å². The van der Waals surface area contributed by atoms with Crippen LogP contribution < -0.4 is 10.6 Å². The van der Waals surface area contributed by atoms with Gasteiger partial charge in [0.15, 0.2) is 0 Å². The summed E-state index contributed by atoms with van der Waals surface area (Å²) >= 11 is 0. The molecule has 0 aliphatic carbocycles. The van der Waals surface area contributed by atoms with Crippen LogP contribution in [0.5, 0.6) is 0 Å². The molecule has 0 spiro atoms. The SMILES string of the molecule is CCOC(=O)c1ccccc1NC(=O)c1cncc(NCc2ccccc2F)c1. The number of esters is 1. The highest BCUT2D eigenvalue weighted by Gasteiger charge is 2.15. The summed E-state index contributed by atoms with van der Waals surface area (Å²) in [4.78, 5) is 28.8. The molecule has 1 aromatic heterocycles. The minimum Gasteiger partial charge on any atom is -0.462 e. The standard InChI is InChI=1S/C22H20FN3O3/c1-2-29-22(28)18-8-4-6-10-20(18)26-21(27)16-11-17(14-24-12-16)25-13-15-7-3-5-9-19(15)23/h3-12,14,25H,2,13H2,1H3,(H,26,27). The number of hydrogen-bond acceptors (Lipinski definition) is 5. The van der Waals surface area contributed by atoms with E-state index >= 15 is 0 Å². The van der Waals surface area contributed by atoms with Gasteiger partial charge >= 0.3 is 5.97 Å². The topological polar surface area (TPSA) is 80.3 Å². The molecule has 0 aliphatic rings. The number of hydrogen-bond donors (Lipinski definition) is 2. The molecular formula is C22H20FN3O3. The third kappa shape index (κ3) is 5.16. The maximum atomic E-state index is 13.7. The molecule has 0 unspecified atom stereocenters. The fourth-order valence-corrected chi connectivity index (χ4v) is 2.67. The molecule has 0 fully saturated rings. The number of rotatable bonds is 7. The van der Waals surface area contributed by atoms with Crippen LogP contribution in [0, 0.1) is 5.82 Å². The molecule has 1 heterocycles. The van der Waals surface area contributed by atoms with Crippen molar-refractivity contribution in [2.24, 2.45) is 0 Å². The third-order valence-electron chi connectivity index (χ3n) is 4.11. The Bertz CT molecular complexity index is 1020. The molecule has 0 saturated heterocycles. The monoisotopic (exact) mass is 393 g/mol. The molecular weight excluding hydrogens is 373 g/mol. The number of benzene rings is 2. The van der Waals surface area contributed by atoms with Crippen LogP contribution in [0.2, 0.25) is 0 Å². The second-order valence-corrected chi connectivity index (χ2v) is 6.13. The Morgan fingerprint density at radius 2 is 1.83 bits per heavy atom. The minimum absolute atomic E-state index is 0.237. The van der Waals surface area contributed by atoms with Gasteiger partial charge in [-0.25, -0.2) is 9.18 Å². The molecule has 2 aromatic carbocycles. The van der Waals surface area contributed by atoms with Crippen LogP contribution in [0.4, 0.5) is 15.8 Å². The number of amides is 1. The largest absolute Gasteiger partial charge is 0.462 e. The summed E-state index contributed by atoms with van der Waals surface area (Å²) in [7, 11) is 0. The summed E-state index contributed by atoms with van der Waals surface area (Å²) < 4.78 is 18.8. The quantitative estimate of drug-likeness (QED) is 0.586. The number of para-hydroxylation sites is 1. The first-order valence-electron chi connectivity index (χ1n) is 9.08. The second-order valence-electron chi connectivity index (χ2n) is 6.13. The van der Waals surface area contributed by atoms with Crippen molar-refractivity contribution in [3.8, 4) is 0 Å². The Hall–Kier alpha value is -3.74. The van der Waals surface area contributed by atoms with E-state index in [9.17, 15) is 14.0 Å². The summed E-state index contributed by atoms with van der Waals surface area (Å²) in [5.41, 5.74) is 1.98. The molecule has 3 rings (SSSR count). The van der Waals surface area contributed by atoms with E-state index in [0.29, 0.717) is 22.5 Å². The number of pyridine rings is 1. The highest BCUT2D eigenvalue weighted by Crippen LogP contribution is 2.18. The summed E-state index contributed by atoms with van der Waals surface area (Å²) in [5, 5.41) is 5.76. The summed E-state index contributed by atoms with van der Waals surface area (Å²) in [6, 6.07) is 14.7. The maximum absolute atomic E-state index is 13.7. The van der Waals surface area contributed by atoms with E-state index < -0.39 is 11.9 Å². The van der Waals surface area contributed by atoms with Gasteiger partial charge in [-0.1, -0.05) is 30.3 Å². The molecule has 0 atom stereocenters. The third-order valence-corrected chi connectivity index (χ3v) is 4.11. The number of anilines is 2. The summed E-state index contributed by atoms with van der Waals surface area (Å²) in [6.45, 7) is 2.20. The molecule has 7 heteroatoms. The number of aromatic nitrogens is 1. The zero-order valence-corrected chi connectivity index (χ0v) is 15.8. The van der Waals surface area contributed by atoms with E-state index in [1.54, 1.807) is 61.7 Å². The van der Waals surface area contributed by atoms with Gasteiger partial charge in [-0.15, -0.1) is 0 Å². The lowest BCUT2D eigenvalue weighted by atomic mass is 10.1. The first-order valence-corrected chi connectivity index (χ1v) is 9.08. The van der Waals surface area contributed by atoms with Gasteiger partial charge in [0.25, 0.3) is 5.91 Å². The van der Waals surface area contributed by atoms with Gasteiger partial charge in [-0.3, -0.25) is 9.78 Å². The first kappa shape index (κ1) is 20.0. The number of carbonyl (C=O) groups excluding carboxylic acids is 2. The van der Waals surface area contributed by atoms with Gasteiger partial charge in [-0.2, -0.15) is 0 Å². The van der Waals surface area contributed by atoms with Crippen LogP contribution in [0.15, 0.2) is 67.0 Å². The molecule has 0 saturated carbocycles. The lowest BCUT2D eigenvalue weighted by molar-refractivity contribution is 0.0527. The van der Waals surface area contributed by atoms with Crippen molar-refractivity contribution >= 4 is 23.3 Å². The van der Waals surface area contributed by atoms with Crippen molar-refractivity contribution in [3.63, 3.8) is 0 Å². The van der Waals surface area contributed by atoms with Gasteiger partial charge in [0.2, 0.25) is 0 Å². The average molecular weight is 393 g/mol. The normalized spacial score (nSPS) is 10.3. The lowest BCUT2D eigenvalue weighted by Crippen LogP contribution is -2.16. The Kier molecular flexibility index (Phi) is 6.52. The number of ether oxygens (including phenoxy) is 1. The Balaban J connectivity index is 1.72. The van der Waals surface area contributed by atoms with Crippen molar-refractivity contribution in [2.45, 2.75) is 13.5 Å². The molecule has 6 nitrogen and oxygen atoms in total. The van der Waals surface area contributed by atoms with Gasteiger partial charge in [0.05, 0.1) is 29.1 Å². The molecule has 0 radical (unpaired) electrons. The molecule has 3 aromatic rings. The van der Waals surface area contributed by atoms with E-state index in [1.165, 1.54) is 12.3 Å². The maximum Gasteiger partial charge on any atom is 0.340 e. The van der Waals surface area contributed by atoms with Crippen molar-refractivity contribution in [1.29, 1.82) is 0 Å². The van der Waals surface area contributed by atoms with E-state index in [0.717, 1.165) is 0 Å². The molecule has 148 valence electrons. The zero-order chi connectivity index (χ0) is 20.6. The Labute approximate surface area is 167 Å². The van der Waals surface area contributed by atoms with E-state index in [2.05, 4.69) is 15.6 Å². The van der Waals surface area contributed by atoms with Crippen LogP contribution >= 0.6 is 0 Å². The number of carbonyl (C=O) groups is 2. The second kappa shape index (κ2) is 9.45. The van der Waals surface area contributed by atoms with Crippen molar-refractivity contribution in [3.05, 3.63) is 89.5 Å². The van der Waals surface area contributed by atoms with Gasteiger partial charge in [-0.05, 0) is 31.2 Å². The van der Waals surface area contributed by atoms with Crippen LogP contribution in [0.1, 0.15) is 33.2 Å². The number of nitrogens with zero attached hydrogens (tertiary/aromatic N) is 1. The first-order chi connectivity index (χ1) is 14.1.